The molecule has 0 aliphatic heterocycles. The molecule has 3 atom stereocenters. The van der Waals surface area contributed by atoms with Gasteiger partial charge in [0.1, 0.15) is 5.82 Å². The molecule has 24 heavy (non-hydrogen) atoms. The van der Waals surface area contributed by atoms with Gasteiger partial charge in [0.05, 0.1) is 12.6 Å². The quantitative estimate of drug-likeness (QED) is 0.366. The number of guanidine groups is 1. The van der Waals surface area contributed by atoms with E-state index in [1.54, 1.807) is 12.1 Å². The van der Waals surface area contributed by atoms with Crippen molar-refractivity contribution < 1.29 is 9.50 Å². The molecule has 0 heterocycles. The average molecular weight is 449 g/mol. The van der Waals surface area contributed by atoms with Gasteiger partial charge in [-0.05, 0) is 43.4 Å². The van der Waals surface area contributed by atoms with Crippen LogP contribution in [0.4, 0.5) is 4.39 Å². The summed E-state index contributed by atoms with van der Waals surface area (Å²) in [4.78, 5) is 4.48. The van der Waals surface area contributed by atoms with E-state index in [1.807, 2.05) is 6.92 Å². The van der Waals surface area contributed by atoms with Crippen molar-refractivity contribution in [2.45, 2.75) is 51.7 Å². The van der Waals surface area contributed by atoms with Gasteiger partial charge in [0.15, 0.2) is 5.96 Å². The first-order chi connectivity index (χ1) is 11.1. The molecule has 0 aromatic heterocycles. The van der Waals surface area contributed by atoms with E-state index in [0.717, 1.165) is 31.3 Å². The molecular formula is C18H29FIN3O. The summed E-state index contributed by atoms with van der Waals surface area (Å²) < 4.78 is 12.9. The Bertz CT molecular complexity index is 509. The van der Waals surface area contributed by atoms with Crippen molar-refractivity contribution >= 4 is 29.9 Å². The summed E-state index contributed by atoms with van der Waals surface area (Å²) in [6.45, 7) is 5.34. The van der Waals surface area contributed by atoms with Crippen LogP contribution in [0.2, 0.25) is 0 Å². The average Bonchev–Trinajstić information content (AvgIpc) is 2.53. The van der Waals surface area contributed by atoms with E-state index in [1.165, 1.54) is 25.0 Å². The van der Waals surface area contributed by atoms with Crippen molar-refractivity contribution in [1.29, 1.82) is 0 Å². The van der Waals surface area contributed by atoms with Crippen molar-refractivity contribution in [3.05, 3.63) is 35.6 Å². The summed E-state index contributed by atoms with van der Waals surface area (Å²) >= 11 is 0. The molecule has 0 radical (unpaired) electrons. The smallest absolute Gasteiger partial charge is 0.191 e. The molecule has 2 rings (SSSR count). The fourth-order valence-corrected chi connectivity index (χ4v) is 3.05. The van der Waals surface area contributed by atoms with E-state index >= 15 is 0 Å². The van der Waals surface area contributed by atoms with E-state index in [-0.39, 0.29) is 36.3 Å². The molecule has 6 heteroatoms. The Balaban J connectivity index is 0.00000288. The molecule has 1 aliphatic carbocycles. The van der Waals surface area contributed by atoms with Gasteiger partial charge in [0.25, 0.3) is 0 Å². The van der Waals surface area contributed by atoms with Gasteiger partial charge < -0.3 is 15.7 Å². The number of rotatable bonds is 5. The lowest BCUT2D eigenvalue weighted by Crippen LogP contribution is -2.45. The van der Waals surface area contributed by atoms with E-state index in [4.69, 9.17) is 0 Å². The summed E-state index contributed by atoms with van der Waals surface area (Å²) in [6.07, 6.45) is 4.14. The first-order valence-electron chi connectivity index (χ1n) is 8.56. The Hall–Kier alpha value is -0.890. The number of aliphatic imine (C=N–C) groups is 1. The zero-order valence-electron chi connectivity index (χ0n) is 14.5. The van der Waals surface area contributed by atoms with Gasteiger partial charge >= 0.3 is 0 Å². The number of aliphatic hydroxyl groups excluding tert-OH is 1. The van der Waals surface area contributed by atoms with Gasteiger partial charge in [0, 0.05) is 12.6 Å². The number of hydrogen-bond acceptors (Lipinski definition) is 2. The van der Waals surface area contributed by atoms with Crippen LogP contribution in [-0.4, -0.2) is 30.2 Å². The highest BCUT2D eigenvalue weighted by atomic mass is 127. The summed E-state index contributed by atoms with van der Waals surface area (Å²) in [5, 5.41) is 16.9. The van der Waals surface area contributed by atoms with Crippen LogP contribution in [0.1, 0.15) is 51.2 Å². The van der Waals surface area contributed by atoms with Gasteiger partial charge in [0.2, 0.25) is 0 Å². The number of halogens is 2. The minimum atomic E-state index is -0.726. The van der Waals surface area contributed by atoms with E-state index in [2.05, 4.69) is 22.5 Å². The number of nitrogens with one attached hydrogen (secondary N) is 2. The summed E-state index contributed by atoms with van der Waals surface area (Å²) in [5.41, 5.74) is 0.678. The van der Waals surface area contributed by atoms with Gasteiger partial charge in [-0.15, -0.1) is 24.0 Å². The Morgan fingerprint density at radius 3 is 2.67 bits per heavy atom. The molecule has 4 nitrogen and oxygen atoms in total. The van der Waals surface area contributed by atoms with Crippen LogP contribution >= 0.6 is 24.0 Å². The molecule has 1 fully saturated rings. The van der Waals surface area contributed by atoms with Crippen molar-refractivity contribution in [3.8, 4) is 0 Å². The van der Waals surface area contributed by atoms with Gasteiger partial charge in [-0.1, -0.05) is 31.9 Å². The minimum absolute atomic E-state index is 0. The first-order valence-corrected chi connectivity index (χ1v) is 8.56. The molecule has 0 amide bonds. The molecule has 0 bridgehead atoms. The lowest BCUT2D eigenvalue weighted by Gasteiger charge is -2.29. The van der Waals surface area contributed by atoms with Crippen LogP contribution in [0, 0.1) is 11.7 Å². The SMILES string of the molecule is CCNC(=NCC(O)c1ccc(F)cc1)NC1CCCC(C)C1.I. The largest absolute Gasteiger partial charge is 0.386 e. The zero-order chi connectivity index (χ0) is 16.7. The van der Waals surface area contributed by atoms with Gasteiger partial charge in [-0.3, -0.25) is 4.99 Å². The molecule has 1 aliphatic rings. The Labute approximate surface area is 161 Å². The Morgan fingerprint density at radius 2 is 2.04 bits per heavy atom. The highest BCUT2D eigenvalue weighted by molar-refractivity contribution is 14.0. The van der Waals surface area contributed by atoms with Crippen LogP contribution in [0.25, 0.3) is 0 Å². The second kappa shape index (κ2) is 10.9. The van der Waals surface area contributed by atoms with E-state index < -0.39 is 6.10 Å². The Kier molecular flexibility index (Phi) is 9.58. The van der Waals surface area contributed by atoms with Crippen molar-refractivity contribution in [2.75, 3.05) is 13.1 Å². The highest BCUT2D eigenvalue weighted by Gasteiger charge is 2.19. The maximum atomic E-state index is 12.9. The van der Waals surface area contributed by atoms with Gasteiger partial charge in [-0.2, -0.15) is 0 Å². The van der Waals surface area contributed by atoms with Crippen LogP contribution in [0.15, 0.2) is 29.3 Å². The van der Waals surface area contributed by atoms with Crippen LogP contribution in [-0.2, 0) is 0 Å². The normalized spacial score (nSPS) is 22.4. The monoisotopic (exact) mass is 449 g/mol. The molecule has 3 unspecified atom stereocenters. The number of nitrogens with zero attached hydrogens (tertiary/aromatic N) is 1. The number of aliphatic hydroxyl groups is 1. The third kappa shape index (κ3) is 6.93. The molecule has 0 spiro atoms. The predicted octanol–water partition coefficient (Wildman–Crippen LogP) is 3.61. The number of hydrogen-bond donors (Lipinski definition) is 3. The maximum absolute atomic E-state index is 12.9. The van der Waals surface area contributed by atoms with E-state index in [9.17, 15) is 9.50 Å². The molecular weight excluding hydrogens is 420 g/mol. The van der Waals surface area contributed by atoms with Crippen LogP contribution in [0.3, 0.4) is 0 Å². The third-order valence-corrected chi connectivity index (χ3v) is 4.30. The lowest BCUT2D eigenvalue weighted by molar-refractivity contribution is 0.187. The summed E-state index contributed by atoms with van der Waals surface area (Å²) in [5.74, 6) is 1.19. The van der Waals surface area contributed by atoms with Crippen molar-refractivity contribution in [1.82, 2.24) is 10.6 Å². The minimum Gasteiger partial charge on any atom is -0.386 e. The zero-order valence-corrected chi connectivity index (χ0v) is 16.8. The van der Waals surface area contributed by atoms with E-state index in [0.29, 0.717) is 11.6 Å². The number of benzene rings is 1. The molecule has 1 saturated carbocycles. The van der Waals surface area contributed by atoms with Crippen molar-refractivity contribution in [2.24, 2.45) is 10.9 Å². The second-order valence-electron chi connectivity index (χ2n) is 6.40. The fraction of sp³-hybridized carbons (Fsp3) is 0.611. The standard InChI is InChI=1S/C18H28FN3O.HI/c1-3-20-18(22-16-6-4-5-13(2)11-16)21-12-17(23)14-7-9-15(19)10-8-14;/h7-10,13,16-17,23H,3-6,11-12H2,1-2H3,(H2,20,21,22);1H. The fourth-order valence-electron chi connectivity index (χ4n) is 3.05. The first kappa shape index (κ1) is 21.2. The summed E-state index contributed by atoms with van der Waals surface area (Å²) in [7, 11) is 0. The molecule has 1 aromatic carbocycles. The highest BCUT2D eigenvalue weighted by Crippen LogP contribution is 2.23. The lowest BCUT2D eigenvalue weighted by atomic mass is 9.87. The Morgan fingerprint density at radius 1 is 1.33 bits per heavy atom. The maximum Gasteiger partial charge on any atom is 0.191 e. The van der Waals surface area contributed by atoms with Gasteiger partial charge in [-0.25, -0.2) is 4.39 Å². The molecule has 1 aromatic rings. The van der Waals surface area contributed by atoms with Crippen molar-refractivity contribution in [3.63, 3.8) is 0 Å². The molecule has 136 valence electrons. The second-order valence-corrected chi connectivity index (χ2v) is 6.40. The molecule has 3 N–H and O–H groups in total. The molecule has 0 saturated heterocycles. The predicted molar refractivity (Wildman–Crippen MR) is 107 cm³/mol. The topological polar surface area (TPSA) is 56.7 Å². The summed E-state index contributed by atoms with van der Waals surface area (Å²) in [6, 6.07) is 6.35. The van der Waals surface area contributed by atoms with Crippen LogP contribution in [0.5, 0.6) is 0 Å². The van der Waals surface area contributed by atoms with Crippen LogP contribution < -0.4 is 10.6 Å². The third-order valence-electron chi connectivity index (χ3n) is 4.30.